The topological polar surface area (TPSA) is 91.4 Å². The van der Waals surface area contributed by atoms with Gasteiger partial charge in [-0.15, -0.1) is 0 Å². The van der Waals surface area contributed by atoms with E-state index >= 15 is 0 Å². The molecule has 6 nitrogen and oxygen atoms in total. The molecule has 1 amide bonds. The third kappa shape index (κ3) is 3.65. The first-order valence-electron chi connectivity index (χ1n) is 6.68. The molecule has 0 atom stereocenters. The highest BCUT2D eigenvalue weighted by Gasteiger charge is 2.19. The lowest BCUT2D eigenvalue weighted by atomic mass is 10.1. The van der Waals surface area contributed by atoms with Gasteiger partial charge in [0.05, 0.1) is 6.61 Å². The zero-order valence-electron chi connectivity index (χ0n) is 12.2. The first-order chi connectivity index (χ1) is 10.9. The maximum Gasteiger partial charge on any atom is 0.352 e. The van der Waals surface area contributed by atoms with Crippen LogP contribution in [-0.2, 0) is 6.42 Å². The van der Waals surface area contributed by atoms with E-state index in [9.17, 15) is 18.4 Å². The van der Waals surface area contributed by atoms with Crippen molar-refractivity contribution in [3.63, 3.8) is 0 Å². The highest BCUT2D eigenvalue weighted by molar-refractivity contribution is 5.97. The van der Waals surface area contributed by atoms with E-state index in [1.54, 1.807) is 0 Å². The maximum absolute atomic E-state index is 13.5. The average Bonchev–Trinajstić information content (AvgIpc) is 2.94. The average molecular weight is 324 g/mol. The number of amides is 1. The van der Waals surface area contributed by atoms with Gasteiger partial charge in [0.1, 0.15) is 23.0 Å². The quantitative estimate of drug-likeness (QED) is 0.757. The Bertz CT molecular complexity index is 723. The Labute approximate surface area is 130 Å². The Kier molecular flexibility index (Phi) is 4.95. The zero-order chi connectivity index (χ0) is 17.0. The molecule has 0 aliphatic rings. The SMILES string of the molecule is CNC(=O)c1[nH]c(C(=O)O)cc1OCCc1c(F)cccc1F. The predicted molar refractivity (Wildman–Crippen MR) is 76.7 cm³/mol. The van der Waals surface area contributed by atoms with Crippen LogP contribution < -0.4 is 10.1 Å². The van der Waals surface area contributed by atoms with Crippen molar-refractivity contribution < 1.29 is 28.2 Å². The first-order valence-corrected chi connectivity index (χ1v) is 6.68. The summed E-state index contributed by atoms with van der Waals surface area (Å²) in [5, 5.41) is 11.3. The summed E-state index contributed by atoms with van der Waals surface area (Å²) in [6.45, 7) is -0.126. The lowest BCUT2D eigenvalue weighted by Crippen LogP contribution is -2.19. The Balaban J connectivity index is 2.14. The van der Waals surface area contributed by atoms with Gasteiger partial charge in [-0.1, -0.05) is 6.07 Å². The van der Waals surface area contributed by atoms with Crippen LogP contribution in [0.4, 0.5) is 8.78 Å². The number of H-pyrrole nitrogens is 1. The number of aromatic nitrogens is 1. The highest BCUT2D eigenvalue weighted by atomic mass is 19.1. The summed E-state index contributed by atoms with van der Waals surface area (Å²) < 4.78 is 32.3. The molecule has 2 rings (SSSR count). The number of nitrogens with one attached hydrogen (secondary N) is 2. The Morgan fingerprint density at radius 3 is 2.52 bits per heavy atom. The number of hydrogen-bond acceptors (Lipinski definition) is 3. The molecule has 23 heavy (non-hydrogen) atoms. The third-order valence-corrected chi connectivity index (χ3v) is 3.14. The van der Waals surface area contributed by atoms with Gasteiger partial charge in [-0.25, -0.2) is 13.6 Å². The molecular formula is C15H14F2N2O4. The lowest BCUT2D eigenvalue weighted by Gasteiger charge is -2.08. The second kappa shape index (κ2) is 6.91. The fourth-order valence-electron chi connectivity index (χ4n) is 1.99. The molecule has 0 aliphatic carbocycles. The highest BCUT2D eigenvalue weighted by Crippen LogP contribution is 2.21. The minimum absolute atomic E-state index is 0.00139. The summed E-state index contributed by atoms with van der Waals surface area (Å²) in [6, 6.07) is 4.66. The second-order valence-corrected chi connectivity index (χ2v) is 4.61. The number of ether oxygens (including phenoxy) is 1. The van der Waals surface area contributed by atoms with Crippen LogP contribution in [0.5, 0.6) is 5.75 Å². The van der Waals surface area contributed by atoms with E-state index in [1.165, 1.54) is 13.1 Å². The molecule has 0 radical (unpaired) electrons. The number of aromatic amines is 1. The van der Waals surface area contributed by atoms with Gasteiger partial charge in [-0.3, -0.25) is 4.79 Å². The molecule has 0 unspecified atom stereocenters. The van der Waals surface area contributed by atoms with Crippen molar-refractivity contribution in [2.24, 2.45) is 0 Å². The number of aromatic carboxylic acids is 1. The summed E-state index contributed by atoms with van der Waals surface area (Å²) in [4.78, 5) is 25.0. The predicted octanol–water partition coefficient (Wildman–Crippen LogP) is 1.97. The Morgan fingerprint density at radius 1 is 1.30 bits per heavy atom. The number of carbonyl (C=O) groups excluding carboxylic acids is 1. The van der Waals surface area contributed by atoms with E-state index in [4.69, 9.17) is 9.84 Å². The van der Waals surface area contributed by atoms with Crippen molar-refractivity contribution in [2.75, 3.05) is 13.7 Å². The monoisotopic (exact) mass is 324 g/mol. The molecule has 2 aromatic rings. The smallest absolute Gasteiger partial charge is 0.352 e. The second-order valence-electron chi connectivity index (χ2n) is 4.61. The van der Waals surface area contributed by atoms with Crippen molar-refractivity contribution in [2.45, 2.75) is 6.42 Å². The van der Waals surface area contributed by atoms with Crippen molar-refractivity contribution in [1.29, 1.82) is 0 Å². The van der Waals surface area contributed by atoms with E-state index < -0.39 is 23.5 Å². The van der Waals surface area contributed by atoms with Crippen LogP contribution in [0.25, 0.3) is 0 Å². The number of benzene rings is 1. The van der Waals surface area contributed by atoms with Crippen molar-refractivity contribution in [3.8, 4) is 5.75 Å². The molecule has 1 aromatic carbocycles. The van der Waals surface area contributed by atoms with Crippen molar-refractivity contribution in [3.05, 3.63) is 52.9 Å². The number of halogens is 2. The normalized spacial score (nSPS) is 10.4. The minimum atomic E-state index is -1.26. The molecule has 0 saturated heterocycles. The molecule has 0 spiro atoms. The van der Waals surface area contributed by atoms with E-state index in [0.717, 1.165) is 18.2 Å². The first kappa shape index (κ1) is 16.5. The fraction of sp³-hybridized carbons (Fsp3) is 0.200. The number of rotatable bonds is 6. The summed E-state index contributed by atoms with van der Waals surface area (Å²) >= 11 is 0. The van der Waals surface area contributed by atoms with Gasteiger partial charge >= 0.3 is 5.97 Å². The number of carbonyl (C=O) groups is 2. The van der Waals surface area contributed by atoms with Gasteiger partial charge in [0.2, 0.25) is 0 Å². The van der Waals surface area contributed by atoms with E-state index in [2.05, 4.69) is 10.3 Å². The van der Waals surface area contributed by atoms with Gasteiger partial charge < -0.3 is 20.1 Å². The molecule has 1 aromatic heterocycles. The summed E-state index contributed by atoms with van der Waals surface area (Å²) in [5.74, 6) is -3.21. The zero-order valence-corrected chi connectivity index (χ0v) is 12.2. The molecular weight excluding hydrogens is 310 g/mol. The molecule has 0 aliphatic heterocycles. The van der Waals surface area contributed by atoms with Crippen LogP contribution in [0.3, 0.4) is 0 Å². The minimum Gasteiger partial charge on any atom is -0.491 e. The van der Waals surface area contributed by atoms with Gasteiger partial charge in [0.15, 0.2) is 5.75 Å². The van der Waals surface area contributed by atoms with Crippen LogP contribution in [-0.4, -0.2) is 35.6 Å². The largest absolute Gasteiger partial charge is 0.491 e. The van der Waals surface area contributed by atoms with Crippen molar-refractivity contribution >= 4 is 11.9 Å². The fourth-order valence-corrected chi connectivity index (χ4v) is 1.99. The van der Waals surface area contributed by atoms with Gasteiger partial charge in [-0.2, -0.15) is 0 Å². The number of carboxylic acid groups (broad SMARTS) is 1. The van der Waals surface area contributed by atoms with Crippen molar-refractivity contribution in [1.82, 2.24) is 10.3 Å². The van der Waals surface area contributed by atoms with Crippen LogP contribution in [0.2, 0.25) is 0 Å². The number of hydrogen-bond donors (Lipinski definition) is 3. The van der Waals surface area contributed by atoms with Crippen LogP contribution >= 0.6 is 0 Å². The van der Waals surface area contributed by atoms with E-state index in [-0.39, 0.29) is 35.7 Å². The van der Waals surface area contributed by atoms with Gasteiger partial charge in [0, 0.05) is 25.1 Å². The van der Waals surface area contributed by atoms with Crippen LogP contribution in [0, 0.1) is 11.6 Å². The van der Waals surface area contributed by atoms with Crippen LogP contribution in [0.15, 0.2) is 24.3 Å². The molecule has 0 saturated carbocycles. The molecule has 0 fully saturated rings. The summed E-state index contributed by atoms with van der Waals surface area (Å²) in [5.41, 5.74) is -0.433. The summed E-state index contributed by atoms with van der Waals surface area (Å²) in [6.07, 6.45) is -0.0702. The van der Waals surface area contributed by atoms with E-state index in [1.807, 2.05) is 0 Å². The molecule has 122 valence electrons. The number of carboxylic acids is 1. The lowest BCUT2D eigenvalue weighted by molar-refractivity contribution is 0.0691. The Morgan fingerprint density at radius 2 is 1.96 bits per heavy atom. The molecule has 0 bridgehead atoms. The van der Waals surface area contributed by atoms with Crippen LogP contribution in [0.1, 0.15) is 26.5 Å². The Hall–Kier alpha value is -2.90. The summed E-state index contributed by atoms with van der Waals surface area (Å²) in [7, 11) is 1.38. The molecule has 3 N–H and O–H groups in total. The standard InChI is InChI=1S/C15H14F2N2O4/c1-18-14(20)13-12(7-11(19-13)15(21)22)23-6-5-8-9(16)3-2-4-10(8)17/h2-4,7,19H,5-6H2,1H3,(H,18,20)(H,21,22). The van der Waals surface area contributed by atoms with Gasteiger partial charge in [0.25, 0.3) is 5.91 Å². The molecule has 1 heterocycles. The van der Waals surface area contributed by atoms with Gasteiger partial charge in [-0.05, 0) is 12.1 Å². The molecule has 8 heteroatoms. The third-order valence-electron chi connectivity index (χ3n) is 3.14. The van der Waals surface area contributed by atoms with E-state index in [0.29, 0.717) is 0 Å². The maximum atomic E-state index is 13.5.